The van der Waals surface area contributed by atoms with E-state index in [4.69, 9.17) is 23.2 Å². The highest BCUT2D eigenvalue weighted by Gasteiger charge is 2.14. The lowest BCUT2D eigenvalue weighted by molar-refractivity contribution is 0.0950. The standard InChI is InChI=1S/C12H16Cl2N2O/c1-3-15-8(2)7-16-12(17)11-9(13)5-4-6-10(11)14/h4-6,8,15H,3,7H2,1-2H3,(H,16,17)/t8-/m1/s1. The zero-order chi connectivity index (χ0) is 12.8. The topological polar surface area (TPSA) is 41.1 Å². The Morgan fingerprint density at radius 3 is 2.47 bits per heavy atom. The molecule has 0 saturated carbocycles. The van der Waals surface area contributed by atoms with Crippen molar-refractivity contribution in [3.05, 3.63) is 33.8 Å². The first-order valence-corrected chi connectivity index (χ1v) is 6.27. The minimum Gasteiger partial charge on any atom is -0.350 e. The minimum atomic E-state index is -0.245. The molecule has 17 heavy (non-hydrogen) atoms. The summed E-state index contributed by atoms with van der Waals surface area (Å²) in [7, 11) is 0. The lowest BCUT2D eigenvalue weighted by Crippen LogP contribution is -2.38. The van der Waals surface area contributed by atoms with Crippen LogP contribution in [0.2, 0.25) is 10.0 Å². The number of carbonyl (C=O) groups is 1. The highest BCUT2D eigenvalue weighted by molar-refractivity contribution is 6.39. The van der Waals surface area contributed by atoms with E-state index >= 15 is 0 Å². The average molecular weight is 275 g/mol. The molecule has 94 valence electrons. The number of nitrogens with one attached hydrogen (secondary N) is 2. The van der Waals surface area contributed by atoms with E-state index in [1.165, 1.54) is 0 Å². The van der Waals surface area contributed by atoms with Gasteiger partial charge in [-0.25, -0.2) is 0 Å². The fraction of sp³-hybridized carbons (Fsp3) is 0.417. The van der Waals surface area contributed by atoms with E-state index < -0.39 is 0 Å². The summed E-state index contributed by atoms with van der Waals surface area (Å²) in [6.45, 7) is 5.42. The van der Waals surface area contributed by atoms with Crippen LogP contribution < -0.4 is 10.6 Å². The normalized spacial score (nSPS) is 12.2. The molecule has 0 aromatic heterocycles. The Bertz CT molecular complexity index is 376. The molecule has 0 aliphatic carbocycles. The van der Waals surface area contributed by atoms with E-state index in [9.17, 15) is 4.79 Å². The Kier molecular flexibility index (Phi) is 5.75. The maximum atomic E-state index is 11.9. The van der Waals surface area contributed by atoms with Crippen LogP contribution in [0.25, 0.3) is 0 Å². The molecule has 0 aliphatic rings. The summed E-state index contributed by atoms with van der Waals surface area (Å²) in [5.41, 5.74) is 0.333. The lowest BCUT2D eigenvalue weighted by atomic mass is 10.2. The molecular weight excluding hydrogens is 259 g/mol. The summed E-state index contributed by atoms with van der Waals surface area (Å²) < 4.78 is 0. The van der Waals surface area contributed by atoms with E-state index in [1.807, 2.05) is 13.8 Å². The van der Waals surface area contributed by atoms with Gasteiger partial charge in [-0.05, 0) is 25.6 Å². The van der Waals surface area contributed by atoms with Crippen molar-refractivity contribution in [3.63, 3.8) is 0 Å². The van der Waals surface area contributed by atoms with Crippen molar-refractivity contribution in [1.82, 2.24) is 10.6 Å². The molecule has 1 aromatic carbocycles. The number of likely N-dealkylation sites (N-methyl/N-ethyl adjacent to an activating group) is 1. The molecule has 0 spiro atoms. The predicted octanol–water partition coefficient (Wildman–Crippen LogP) is 2.72. The molecule has 0 unspecified atom stereocenters. The first kappa shape index (κ1) is 14.3. The second kappa shape index (κ2) is 6.84. The molecule has 5 heteroatoms. The number of rotatable bonds is 5. The fourth-order valence-corrected chi connectivity index (χ4v) is 2.04. The first-order chi connectivity index (χ1) is 8.06. The largest absolute Gasteiger partial charge is 0.350 e. The van der Waals surface area contributed by atoms with E-state index in [-0.39, 0.29) is 11.9 Å². The summed E-state index contributed by atoms with van der Waals surface area (Å²) in [5, 5.41) is 6.73. The van der Waals surface area contributed by atoms with Crippen molar-refractivity contribution in [1.29, 1.82) is 0 Å². The van der Waals surface area contributed by atoms with Gasteiger partial charge in [-0.2, -0.15) is 0 Å². The molecule has 0 aliphatic heterocycles. The zero-order valence-corrected chi connectivity index (χ0v) is 11.4. The van der Waals surface area contributed by atoms with E-state index in [0.717, 1.165) is 6.54 Å². The van der Waals surface area contributed by atoms with Crippen molar-refractivity contribution >= 4 is 29.1 Å². The minimum absolute atomic E-state index is 0.213. The van der Waals surface area contributed by atoms with Gasteiger partial charge in [0.25, 0.3) is 5.91 Å². The van der Waals surface area contributed by atoms with Crippen LogP contribution >= 0.6 is 23.2 Å². The van der Waals surface area contributed by atoms with Gasteiger partial charge in [0.1, 0.15) is 0 Å². The average Bonchev–Trinajstić information content (AvgIpc) is 2.26. The second-order valence-corrected chi connectivity index (χ2v) is 4.58. The van der Waals surface area contributed by atoms with Crippen LogP contribution in [0.1, 0.15) is 24.2 Å². The Balaban J connectivity index is 2.64. The molecule has 1 atom stereocenters. The van der Waals surface area contributed by atoms with Crippen LogP contribution in [-0.2, 0) is 0 Å². The van der Waals surface area contributed by atoms with Crippen LogP contribution in [0.5, 0.6) is 0 Å². The van der Waals surface area contributed by atoms with E-state index in [2.05, 4.69) is 10.6 Å². The van der Waals surface area contributed by atoms with Gasteiger partial charge in [0, 0.05) is 12.6 Å². The van der Waals surface area contributed by atoms with E-state index in [1.54, 1.807) is 18.2 Å². The summed E-state index contributed by atoms with van der Waals surface area (Å²) in [6.07, 6.45) is 0. The van der Waals surface area contributed by atoms with Crippen LogP contribution in [-0.4, -0.2) is 25.0 Å². The molecule has 1 rings (SSSR count). The molecule has 0 bridgehead atoms. The van der Waals surface area contributed by atoms with Crippen molar-refractivity contribution < 1.29 is 4.79 Å². The fourth-order valence-electron chi connectivity index (χ4n) is 1.47. The number of amides is 1. The summed E-state index contributed by atoms with van der Waals surface area (Å²) >= 11 is 11.9. The molecule has 0 radical (unpaired) electrons. The molecule has 1 aromatic rings. The quantitative estimate of drug-likeness (QED) is 0.867. The third kappa shape index (κ3) is 4.19. The molecule has 2 N–H and O–H groups in total. The molecule has 1 amide bonds. The van der Waals surface area contributed by atoms with Crippen LogP contribution in [0.3, 0.4) is 0 Å². The maximum Gasteiger partial charge on any atom is 0.254 e. The highest BCUT2D eigenvalue weighted by Crippen LogP contribution is 2.23. The molecular formula is C12H16Cl2N2O. The van der Waals surface area contributed by atoms with Gasteiger partial charge in [0.05, 0.1) is 15.6 Å². The van der Waals surface area contributed by atoms with Crippen LogP contribution in [0, 0.1) is 0 Å². The molecule has 0 saturated heterocycles. The molecule has 0 fully saturated rings. The Morgan fingerprint density at radius 2 is 1.94 bits per heavy atom. The van der Waals surface area contributed by atoms with Gasteiger partial charge in [0.2, 0.25) is 0 Å². The SMILES string of the molecule is CCN[C@H](C)CNC(=O)c1c(Cl)cccc1Cl. The maximum absolute atomic E-state index is 11.9. The number of benzene rings is 1. The van der Waals surface area contributed by atoms with Crippen LogP contribution in [0.4, 0.5) is 0 Å². The molecule has 0 heterocycles. The van der Waals surface area contributed by atoms with E-state index in [0.29, 0.717) is 22.2 Å². The van der Waals surface area contributed by atoms with Gasteiger partial charge < -0.3 is 10.6 Å². The smallest absolute Gasteiger partial charge is 0.254 e. The van der Waals surface area contributed by atoms with Gasteiger partial charge in [-0.15, -0.1) is 0 Å². The monoisotopic (exact) mass is 274 g/mol. The first-order valence-electron chi connectivity index (χ1n) is 5.51. The van der Waals surface area contributed by atoms with Gasteiger partial charge in [0.15, 0.2) is 0 Å². The Labute approximate surface area is 111 Å². The van der Waals surface area contributed by atoms with Gasteiger partial charge in [-0.1, -0.05) is 36.2 Å². The zero-order valence-electron chi connectivity index (χ0n) is 9.89. The lowest BCUT2D eigenvalue weighted by Gasteiger charge is -2.14. The van der Waals surface area contributed by atoms with Crippen molar-refractivity contribution in [3.8, 4) is 0 Å². The summed E-state index contributed by atoms with van der Waals surface area (Å²) in [4.78, 5) is 11.9. The van der Waals surface area contributed by atoms with Crippen molar-refractivity contribution in [2.75, 3.05) is 13.1 Å². The summed E-state index contributed by atoms with van der Waals surface area (Å²) in [5.74, 6) is -0.245. The van der Waals surface area contributed by atoms with Crippen molar-refractivity contribution in [2.45, 2.75) is 19.9 Å². The van der Waals surface area contributed by atoms with Crippen LogP contribution in [0.15, 0.2) is 18.2 Å². The highest BCUT2D eigenvalue weighted by atomic mass is 35.5. The van der Waals surface area contributed by atoms with Crippen molar-refractivity contribution in [2.24, 2.45) is 0 Å². The number of hydrogen-bond acceptors (Lipinski definition) is 2. The van der Waals surface area contributed by atoms with Gasteiger partial charge in [-0.3, -0.25) is 4.79 Å². The summed E-state index contributed by atoms with van der Waals surface area (Å²) in [6, 6.07) is 5.22. The number of hydrogen-bond donors (Lipinski definition) is 2. The third-order valence-electron chi connectivity index (χ3n) is 2.31. The number of carbonyl (C=O) groups excluding carboxylic acids is 1. The Morgan fingerprint density at radius 1 is 1.35 bits per heavy atom. The predicted molar refractivity (Wildman–Crippen MR) is 71.9 cm³/mol. The Hall–Kier alpha value is -0.770. The third-order valence-corrected chi connectivity index (χ3v) is 2.94. The van der Waals surface area contributed by atoms with Gasteiger partial charge >= 0.3 is 0 Å². The number of halogens is 2. The second-order valence-electron chi connectivity index (χ2n) is 3.77. The molecule has 3 nitrogen and oxygen atoms in total.